The summed E-state index contributed by atoms with van der Waals surface area (Å²) >= 11 is 0. The van der Waals surface area contributed by atoms with Gasteiger partial charge in [0.1, 0.15) is 0 Å². The Morgan fingerprint density at radius 2 is 1.50 bits per heavy atom. The number of allylic oxidation sites excluding steroid dienone is 1. The molecule has 0 spiro atoms. The molecule has 2 aromatic rings. The van der Waals surface area contributed by atoms with Crippen molar-refractivity contribution in [2.75, 3.05) is 13.2 Å². The highest BCUT2D eigenvalue weighted by atomic mass is 16.6. The fraction of sp³-hybridized carbons (Fsp3) is 0.348. The highest BCUT2D eigenvalue weighted by molar-refractivity contribution is 6.07. The largest absolute Gasteiger partial charge is 0.373 e. The third-order valence-electron chi connectivity index (χ3n) is 5.02. The lowest BCUT2D eigenvalue weighted by Gasteiger charge is -2.09. The normalized spacial score (nSPS) is 21.2. The van der Waals surface area contributed by atoms with Crippen molar-refractivity contribution in [3.63, 3.8) is 0 Å². The van der Waals surface area contributed by atoms with Gasteiger partial charge in [0.15, 0.2) is 5.78 Å². The van der Waals surface area contributed by atoms with Crippen LogP contribution in [0.5, 0.6) is 0 Å². The SMILES string of the molecule is Cc1cc(CC2CO2)cc(C)c1C=CC(=O)c1ccc(CC2CO2)cc1. The van der Waals surface area contributed by atoms with Crippen LogP contribution < -0.4 is 0 Å². The van der Waals surface area contributed by atoms with E-state index in [9.17, 15) is 4.79 Å². The summed E-state index contributed by atoms with van der Waals surface area (Å²) in [4.78, 5) is 12.5. The van der Waals surface area contributed by atoms with Crippen LogP contribution in [0.4, 0.5) is 0 Å². The Morgan fingerprint density at radius 3 is 2.04 bits per heavy atom. The fourth-order valence-electron chi connectivity index (χ4n) is 3.40. The number of hydrogen-bond donors (Lipinski definition) is 0. The number of epoxide rings is 2. The van der Waals surface area contributed by atoms with Gasteiger partial charge in [-0.2, -0.15) is 0 Å². The van der Waals surface area contributed by atoms with Gasteiger partial charge in [-0.1, -0.05) is 42.5 Å². The van der Waals surface area contributed by atoms with Gasteiger partial charge < -0.3 is 9.47 Å². The third-order valence-corrected chi connectivity index (χ3v) is 5.02. The highest BCUT2D eigenvalue weighted by Gasteiger charge is 2.23. The van der Waals surface area contributed by atoms with Gasteiger partial charge in [-0.3, -0.25) is 4.79 Å². The molecule has 2 aliphatic heterocycles. The standard InChI is InChI=1S/C23H24O3/c1-15-9-18(12-21-14-26-21)10-16(2)22(15)7-8-23(24)19-5-3-17(4-6-19)11-20-13-25-20/h3-10,20-21H,11-14H2,1-2H3. The predicted molar refractivity (Wildman–Crippen MR) is 103 cm³/mol. The summed E-state index contributed by atoms with van der Waals surface area (Å²) in [6.07, 6.45) is 6.29. The molecule has 0 saturated carbocycles. The van der Waals surface area contributed by atoms with Gasteiger partial charge in [-0.25, -0.2) is 0 Å². The second-order valence-electron chi connectivity index (χ2n) is 7.36. The molecule has 2 heterocycles. The zero-order valence-corrected chi connectivity index (χ0v) is 15.3. The van der Waals surface area contributed by atoms with E-state index in [1.807, 2.05) is 30.3 Å². The Labute approximate surface area is 154 Å². The second kappa shape index (κ2) is 7.18. The number of rotatable bonds is 7. The number of benzene rings is 2. The molecule has 0 amide bonds. The van der Waals surface area contributed by atoms with Crippen molar-refractivity contribution >= 4 is 11.9 Å². The first-order valence-corrected chi connectivity index (χ1v) is 9.23. The van der Waals surface area contributed by atoms with E-state index in [1.165, 1.54) is 22.3 Å². The van der Waals surface area contributed by atoms with Crippen LogP contribution in [-0.2, 0) is 22.3 Å². The van der Waals surface area contributed by atoms with E-state index < -0.39 is 0 Å². The number of ether oxygens (including phenoxy) is 2. The maximum atomic E-state index is 12.5. The average molecular weight is 348 g/mol. The zero-order valence-electron chi connectivity index (χ0n) is 15.3. The van der Waals surface area contributed by atoms with Crippen LogP contribution in [0, 0.1) is 13.8 Å². The lowest BCUT2D eigenvalue weighted by Crippen LogP contribution is -1.99. The molecule has 2 fully saturated rings. The number of carbonyl (C=O) groups is 1. The monoisotopic (exact) mass is 348 g/mol. The molecule has 0 bridgehead atoms. The molecule has 2 atom stereocenters. The van der Waals surface area contributed by atoms with Crippen LogP contribution in [0.3, 0.4) is 0 Å². The van der Waals surface area contributed by atoms with Gasteiger partial charge in [0.05, 0.1) is 25.4 Å². The van der Waals surface area contributed by atoms with Crippen LogP contribution >= 0.6 is 0 Å². The van der Waals surface area contributed by atoms with E-state index in [0.29, 0.717) is 12.2 Å². The first-order valence-electron chi connectivity index (χ1n) is 9.23. The molecule has 134 valence electrons. The summed E-state index contributed by atoms with van der Waals surface area (Å²) < 4.78 is 10.6. The summed E-state index contributed by atoms with van der Waals surface area (Å²) in [6, 6.07) is 12.3. The Hall–Kier alpha value is -2.23. The van der Waals surface area contributed by atoms with Crippen molar-refractivity contribution in [3.8, 4) is 0 Å². The fourth-order valence-corrected chi connectivity index (χ4v) is 3.40. The Balaban J connectivity index is 1.45. The van der Waals surface area contributed by atoms with Crippen molar-refractivity contribution in [2.45, 2.75) is 38.9 Å². The van der Waals surface area contributed by atoms with E-state index in [2.05, 4.69) is 26.0 Å². The highest BCUT2D eigenvalue weighted by Crippen LogP contribution is 2.23. The van der Waals surface area contributed by atoms with Gasteiger partial charge in [0.25, 0.3) is 0 Å². The number of aryl methyl sites for hydroxylation is 2. The average Bonchev–Trinajstić information content (AvgIpc) is 3.52. The van der Waals surface area contributed by atoms with Crippen molar-refractivity contribution in [3.05, 3.63) is 75.9 Å². The topological polar surface area (TPSA) is 42.1 Å². The summed E-state index contributed by atoms with van der Waals surface area (Å²) in [7, 11) is 0. The molecule has 0 N–H and O–H groups in total. The van der Waals surface area contributed by atoms with Crippen molar-refractivity contribution in [1.29, 1.82) is 0 Å². The van der Waals surface area contributed by atoms with Crippen LogP contribution in [-0.4, -0.2) is 31.2 Å². The Morgan fingerprint density at radius 1 is 0.962 bits per heavy atom. The van der Waals surface area contributed by atoms with Crippen LogP contribution in [0.2, 0.25) is 0 Å². The van der Waals surface area contributed by atoms with Crippen LogP contribution in [0.15, 0.2) is 42.5 Å². The molecule has 0 aromatic heterocycles. The van der Waals surface area contributed by atoms with Crippen molar-refractivity contribution in [2.24, 2.45) is 0 Å². The predicted octanol–water partition coefficient (Wildman–Crippen LogP) is 4.08. The maximum Gasteiger partial charge on any atom is 0.185 e. The van der Waals surface area contributed by atoms with Gasteiger partial charge in [0.2, 0.25) is 0 Å². The Bertz CT molecular complexity index is 817. The molecular weight excluding hydrogens is 324 g/mol. The molecule has 4 rings (SSSR count). The maximum absolute atomic E-state index is 12.5. The molecule has 0 aliphatic carbocycles. The van der Waals surface area contributed by atoms with E-state index in [-0.39, 0.29) is 5.78 Å². The number of ketones is 1. The van der Waals surface area contributed by atoms with Gasteiger partial charge in [0, 0.05) is 18.4 Å². The van der Waals surface area contributed by atoms with Crippen LogP contribution in [0.1, 0.15) is 38.2 Å². The molecule has 2 aromatic carbocycles. The van der Waals surface area contributed by atoms with E-state index in [1.54, 1.807) is 6.08 Å². The minimum atomic E-state index is 0.0356. The van der Waals surface area contributed by atoms with Gasteiger partial charge in [-0.05, 0) is 47.7 Å². The number of carbonyl (C=O) groups excluding carboxylic acids is 1. The molecule has 2 unspecified atom stereocenters. The third kappa shape index (κ3) is 4.29. The molecule has 0 radical (unpaired) electrons. The zero-order chi connectivity index (χ0) is 18.1. The molecule has 3 nitrogen and oxygen atoms in total. The van der Waals surface area contributed by atoms with Crippen molar-refractivity contribution < 1.29 is 14.3 Å². The minimum absolute atomic E-state index is 0.0356. The van der Waals surface area contributed by atoms with Gasteiger partial charge in [-0.15, -0.1) is 0 Å². The quantitative estimate of drug-likeness (QED) is 0.430. The van der Waals surface area contributed by atoms with Gasteiger partial charge >= 0.3 is 0 Å². The molecule has 26 heavy (non-hydrogen) atoms. The van der Waals surface area contributed by atoms with E-state index in [0.717, 1.165) is 37.2 Å². The molecule has 2 saturated heterocycles. The first kappa shape index (κ1) is 17.2. The van der Waals surface area contributed by atoms with Crippen molar-refractivity contribution in [1.82, 2.24) is 0 Å². The van der Waals surface area contributed by atoms with E-state index >= 15 is 0 Å². The van der Waals surface area contributed by atoms with Crippen LogP contribution in [0.25, 0.3) is 6.08 Å². The Kier molecular flexibility index (Phi) is 4.75. The summed E-state index contributed by atoms with van der Waals surface area (Å²) in [5.74, 6) is 0.0356. The molecule has 2 aliphatic rings. The number of hydrogen-bond acceptors (Lipinski definition) is 3. The molecular formula is C23H24O3. The minimum Gasteiger partial charge on any atom is -0.373 e. The van der Waals surface area contributed by atoms with E-state index in [4.69, 9.17) is 9.47 Å². The second-order valence-corrected chi connectivity index (χ2v) is 7.36. The lowest BCUT2D eigenvalue weighted by atomic mass is 9.96. The lowest BCUT2D eigenvalue weighted by molar-refractivity contribution is 0.104. The summed E-state index contributed by atoms with van der Waals surface area (Å²) in [5, 5.41) is 0. The summed E-state index contributed by atoms with van der Waals surface area (Å²) in [5.41, 5.74) is 6.77. The first-order chi connectivity index (χ1) is 12.6. The molecule has 3 heteroatoms. The summed E-state index contributed by atoms with van der Waals surface area (Å²) in [6.45, 7) is 5.93. The smallest absolute Gasteiger partial charge is 0.185 e.